The number of Topliss-reactive ketones (excluding diaryl/α,β-unsaturated/α-hetero) is 1. The molecule has 0 fully saturated rings. The van der Waals surface area contributed by atoms with Gasteiger partial charge in [0.15, 0.2) is 6.10 Å². The van der Waals surface area contributed by atoms with Gasteiger partial charge in [-0.15, -0.1) is 0 Å². The molecule has 6 nitrogen and oxygen atoms in total. The van der Waals surface area contributed by atoms with Gasteiger partial charge in [-0.25, -0.2) is 13.2 Å². The molecular formula is C28H27NO5S. The van der Waals surface area contributed by atoms with Crippen molar-refractivity contribution in [3.63, 3.8) is 0 Å². The summed E-state index contributed by atoms with van der Waals surface area (Å²) in [5.74, 6) is -1.00. The molecule has 0 saturated heterocycles. The van der Waals surface area contributed by atoms with E-state index in [-0.39, 0.29) is 16.2 Å². The van der Waals surface area contributed by atoms with E-state index in [2.05, 4.69) is 0 Å². The average Bonchev–Trinajstić information content (AvgIpc) is 3.36. The number of ether oxygens (including phenoxy) is 1. The molecular weight excluding hydrogens is 462 g/mol. The second-order valence-corrected chi connectivity index (χ2v) is 11.1. The summed E-state index contributed by atoms with van der Waals surface area (Å²) >= 11 is 0. The van der Waals surface area contributed by atoms with Crippen LogP contribution in [0, 0.1) is 0 Å². The lowest BCUT2D eigenvalue weighted by Gasteiger charge is -2.28. The van der Waals surface area contributed by atoms with Crippen molar-refractivity contribution in [2.24, 2.45) is 0 Å². The van der Waals surface area contributed by atoms with Gasteiger partial charge in [-0.1, -0.05) is 42.5 Å². The fourth-order valence-corrected chi connectivity index (χ4v) is 6.31. The molecule has 0 saturated carbocycles. The lowest BCUT2D eigenvalue weighted by atomic mass is 10.0. The number of hydrogen-bond acceptors (Lipinski definition) is 5. The van der Waals surface area contributed by atoms with Gasteiger partial charge in [-0.05, 0) is 79.1 Å². The molecule has 0 amide bonds. The monoisotopic (exact) mass is 489 g/mol. The first-order valence-corrected chi connectivity index (χ1v) is 13.3. The van der Waals surface area contributed by atoms with E-state index in [0.717, 1.165) is 30.4 Å². The summed E-state index contributed by atoms with van der Waals surface area (Å²) in [4.78, 5) is 25.7. The van der Waals surface area contributed by atoms with Crippen LogP contribution < -0.4 is 0 Å². The van der Waals surface area contributed by atoms with Gasteiger partial charge in [0, 0.05) is 18.7 Å². The largest absolute Gasteiger partial charge is 0.451 e. The number of aryl methyl sites for hydroxylation is 2. The first-order valence-electron chi connectivity index (χ1n) is 11.9. The van der Waals surface area contributed by atoms with Crippen molar-refractivity contribution in [3.05, 3.63) is 100 Å². The Morgan fingerprint density at radius 1 is 0.829 bits per heavy atom. The molecule has 3 aromatic rings. The molecule has 0 bridgehead atoms. The average molecular weight is 490 g/mol. The zero-order valence-corrected chi connectivity index (χ0v) is 20.4. The minimum atomic E-state index is -3.80. The maximum absolute atomic E-state index is 13.3. The molecule has 7 heteroatoms. The van der Waals surface area contributed by atoms with Crippen LogP contribution in [0.3, 0.4) is 0 Å². The van der Waals surface area contributed by atoms with Crippen LogP contribution in [0.25, 0.3) is 0 Å². The number of sulfonamides is 1. The second kappa shape index (κ2) is 9.40. The molecule has 35 heavy (non-hydrogen) atoms. The lowest BCUT2D eigenvalue weighted by Crippen LogP contribution is -2.36. The molecule has 0 spiro atoms. The number of benzene rings is 3. The molecule has 0 unspecified atom stereocenters. The normalized spacial score (nSPS) is 16.3. The third kappa shape index (κ3) is 4.66. The summed E-state index contributed by atoms with van der Waals surface area (Å²) in [6.45, 7) is 2.21. The summed E-state index contributed by atoms with van der Waals surface area (Å²) in [7, 11) is -3.80. The summed E-state index contributed by atoms with van der Waals surface area (Å²) in [6, 6.07) is 19.3. The molecule has 1 aliphatic carbocycles. The highest BCUT2D eigenvalue weighted by Crippen LogP contribution is 2.26. The van der Waals surface area contributed by atoms with Crippen LogP contribution in [0.2, 0.25) is 0 Å². The first kappa shape index (κ1) is 23.5. The summed E-state index contributed by atoms with van der Waals surface area (Å²) in [5, 5.41) is 0. The van der Waals surface area contributed by atoms with Gasteiger partial charge in [0.05, 0.1) is 10.5 Å². The molecule has 0 radical (unpaired) electrons. The van der Waals surface area contributed by atoms with Gasteiger partial charge in [0.2, 0.25) is 15.8 Å². The number of ketones is 1. The fourth-order valence-electron chi connectivity index (χ4n) is 4.85. The van der Waals surface area contributed by atoms with E-state index in [4.69, 9.17) is 4.74 Å². The van der Waals surface area contributed by atoms with E-state index in [1.54, 1.807) is 13.0 Å². The Bertz CT molecular complexity index is 1410. The molecule has 180 valence electrons. The highest BCUT2D eigenvalue weighted by Gasteiger charge is 2.29. The van der Waals surface area contributed by atoms with Crippen molar-refractivity contribution >= 4 is 21.8 Å². The molecule has 5 rings (SSSR count). The Hall–Kier alpha value is -3.29. The number of esters is 1. The van der Waals surface area contributed by atoms with E-state index < -0.39 is 22.1 Å². The van der Waals surface area contributed by atoms with Crippen LogP contribution in [-0.2, 0) is 40.6 Å². The van der Waals surface area contributed by atoms with Crippen molar-refractivity contribution in [1.82, 2.24) is 4.31 Å². The predicted octanol–water partition coefficient (Wildman–Crippen LogP) is 4.35. The van der Waals surface area contributed by atoms with Crippen LogP contribution in [0.1, 0.15) is 56.3 Å². The Morgan fingerprint density at radius 3 is 2.40 bits per heavy atom. The highest BCUT2D eigenvalue weighted by atomic mass is 32.2. The van der Waals surface area contributed by atoms with E-state index in [1.165, 1.54) is 39.7 Å². The van der Waals surface area contributed by atoms with E-state index >= 15 is 0 Å². The molecule has 2 aliphatic rings. The van der Waals surface area contributed by atoms with Crippen molar-refractivity contribution in [3.8, 4) is 0 Å². The predicted molar refractivity (Wildman–Crippen MR) is 132 cm³/mol. The molecule has 3 aromatic carbocycles. The summed E-state index contributed by atoms with van der Waals surface area (Å²) < 4.78 is 33.5. The Kier molecular flexibility index (Phi) is 6.30. The number of carbonyl (C=O) groups is 2. The number of nitrogens with zero attached hydrogens (tertiary/aromatic N) is 1. The zero-order valence-electron chi connectivity index (χ0n) is 19.6. The minimum Gasteiger partial charge on any atom is -0.451 e. The van der Waals surface area contributed by atoms with Crippen LogP contribution in [0.15, 0.2) is 71.6 Å². The van der Waals surface area contributed by atoms with E-state index in [1.807, 2.05) is 36.4 Å². The van der Waals surface area contributed by atoms with Crippen molar-refractivity contribution in [2.45, 2.75) is 50.2 Å². The van der Waals surface area contributed by atoms with Gasteiger partial charge in [-0.3, -0.25) is 4.79 Å². The first-order chi connectivity index (χ1) is 16.8. The SMILES string of the molecule is C[C@H](OC(=O)c1cccc(S(=O)(=O)N2CCc3ccccc3C2)c1)C(=O)c1ccc2c(c1)CCC2. The third-order valence-corrected chi connectivity index (χ3v) is 8.68. The number of hydrogen-bond donors (Lipinski definition) is 0. The van der Waals surface area contributed by atoms with Crippen LogP contribution in [0.5, 0.6) is 0 Å². The van der Waals surface area contributed by atoms with Crippen LogP contribution in [0.4, 0.5) is 0 Å². The van der Waals surface area contributed by atoms with Gasteiger partial charge >= 0.3 is 5.97 Å². The Labute approximate surface area is 205 Å². The molecule has 1 aliphatic heterocycles. The number of fused-ring (bicyclic) bond motifs is 2. The van der Waals surface area contributed by atoms with Crippen LogP contribution in [-0.4, -0.2) is 37.1 Å². The van der Waals surface area contributed by atoms with Gasteiger partial charge in [0.25, 0.3) is 0 Å². The molecule has 1 atom stereocenters. The van der Waals surface area contributed by atoms with Crippen LogP contribution >= 0.6 is 0 Å². The van der Waals surface area contributed by atoms with E-state index in [9.17, 15) is 18.0 Å². The topological polar surface area (TPSA) is 80.8 Å². The minimum absolute atomic E-state index is 0.0314. The lowest BCUT2D eigenvalue weighted by molar-refractivity contribution is 0.0318. The number of rotatable bonds is 6. The molecule has 0 N–H and O–H groups in total. The van der Waals surface area contributed by atoms with Gasteiger partial charge in [0.1, 0.15) is 0 Å². The van der Waals surface area contributed by atoms with E-state index in [0.29, 0.717) is 25.1 Å². The maximum Gasteiger partial charge on any atom is 0.338 e. The Morgan fingerprint density at radius 2 is 1.57 bits per heavy atom. The Balaban J connectivity index is 1.30. The third-order valence-electron chi connectivity index (χ3n) is 6.84. The standard InChI is InChI=1S/C28H27NO5S/c1-19(27(30)23-13-12-20-8-4-9-22(20)16-23)34-28(31)24-10-5-11-26(17-24)35(32,33)29-15-14-21-6-2-3-7-25(21)18-29/h2-3,5-7,10-13,16-17,19H,4,8-9,14-15,18H2,1H3/t19-/m0/s1. The molecule has 1 heterocycles. The summed E-state index contributed by atoms with van der Waals surface area (Å²) in [6.07, 6.45) is 2.72. The zero-order chi connectivity index (χ0) is 24.6. The number of carbonyl (C=O) groups excluding carboxylic acids is 2. The van der Waals surface area contributed by atoms with Crippen molar-refractivity contribution < 1.29 is 22.7 Å². The maximum atomic E-state index is 13.3. The molecule has 0 aromatic heterocycles. The fraction of sp³-hybridized carbons (Fsp3) is 0.286. The van der Waals surface area contributed by atoms with Crippen molar-refractivity contribution in [2.75, 3.05) is 6.54 Å². The van der Waals surface area contributed by atoms with Gasteiger partial charge in [-0.2, -0.15) is 4.31 Å². The van der Waals surface area contributed by atoms with Crippen molar-refractivity contribution in [1.29, 1.82) is 0 Å². The highest BCUT2D eigenvalue weighted by molar-refractivity contribution is 7.89. The quantitative estimate of drug-likeness (QED) is 0.380. The summed E-state index contributed by atoms with van der Waals surface area (Å²) in [5.41, 5.74) is 5.19. The second-order valence-electron chi connectivity index (χ2n) is 9.13. The van der Waals surface area contributed by atoms with Gasteiger partial charge < -0.3 is 4.74 Å². The smallest absolute Gasteiger partial charge is 0.338 e.